The first-order valence-corrected chi connectivity index (χ1v) is 7.56. The lowest BCUT2D eigenvalue weighted by Gasteiger charge is -2.10. The van der Waals surface area contributed by atoms with Gasteiger partial charge in [-0.3, -0.25) is 0 Å². The molecule has 0 saturated carbocycles. The molecule has 0 saturated heterocycles. The molecule has 0 aliphatic rings. The highest BCUT2D eigenvalue weighted by molar-refractivity contribution is 7.91. The normalized spacial score (nSPS) is 11.6. The van der Waals surface area contributed by atoms with E-state index in [1.54, 1.807) is 20.8 Å². The zero-order valence-electron chi connectivity index (χ0n) is 11.5. The minimum atomic E-state index is -3.72. The van der Waals surface area contributed by atoms with Crippen LogP contribution >= 0.6 is 0 Å². The molecule has 0 atom stereocenters. The van der Waals surface area contributed by atoms with Gasteiger partial charge >= 0.3 is 0 Å². The number of hydrogen-bond acceptors (Lipinski definition) is 4. The van der Waals surface area contributed by atoms with Crippen molar-refractivity contribution in [1.29, 1.82) is 0 Å². The second-order valence-electron chi connectivity index (χ2n) is 4.91. The Bertz CT molecular complexity index is 733. The van der Waals surface area contributed by atoms with Gasteiger partial charge in [-0.25, -0.2) is 8.42 Å². The van der Waals surface area contributed by atoms with Crippen LogP contribution in [-0.2, 0) is 9.84 Å². The maximum Gasteiger partial charge on any atom is 0.206 e. The maximum atomic E-state index is 12.6. The maximum absolute atomic E-state index is 12.6. The van der Waals surface area contributed by atoms with Gasteiger partial charge in [-0.15, -0.1) is 0 Å². The standard InChI is InChI=1S/C15H16O4S/c1-9-4-12(16)8-13(5-9)20(18,19)14-6-10(2)15(17)11(3)7-14/h4-8,16-17H,1-3H3. The molecule has 2 aromatic rings. The summed E-state index contributed by atoms with van der Waals surface area (Å²) >= 11 is 0. The van der Waals surface area contributed by atoms with Crippen LogP contribution in [-0.4, -0.2) is 18.6 Å². The first-order chi connectivity index (χ1) is 9.21. The summed E-state index contributed by atoms with van der Waals surface area (Å²) in [5, 5.41) is 19.3. The molecule has 0 amide bonds. The first-order valence-electron chi connectivity index (χ1n) is 6.08. The summed E-state index contributed by atoms with van der Waals surface area (Å²) in [5.74, 6) is 0.00633. The Labute approximate surface area is 118 Å². The quantitative estimate of drug-likeness (QED) is 0.892. The number of hydrogen-bond donors (Lipinski definition) is 2. The predicted octanol–water partition coefficient (Wildman–Crippen LogP) is 2.86. The Hall–Kier alpha value is -2.01. The summed E-state index contributed by atoms with van der Waals surface area (Å²) in [5.41, 5.74) is 1.66. The summed E-state index contributed by atoms with van der Waals surface area (Å²) in [6.07, 6.45) is 0. The van der Waals surface area contributed by atoms with Crippen molar-refractivity contribution in [3.05, 3.63) is 47.0 Å². The number of sulfone groups is 1. The van der Waals surface area contributed by atoms with Crippen molar-refractivity contribution in [3.8, 4) is 11.5 Å². The lowest BCUT2D eigenvalue weighted by Crippen LogP contribution is -2.03. The van der Waals surface area contributed by atoms with Gasteiger partial charge in [0.05, 0.1) is 9.79 Å². The van der Waals surface area contributed by atoms with E-state index in [9.17, 15) is 18.6 Å². The second kappa shape index (κ2) is 4.83. The van der Waals surface area contributed by atoms with Gasteiger partial charge < -0.3 is 10.2 Å². The van der Waals surface area contributed by atoms with Crippen LogP contribution < -0.4 is 0 Å². The Morgan fingerprint density at radius 1 is 0.800 bits per heavy atom. The average Bonchev–Trinajstić information content (AvgIpc) is 2.34. The molecule has 20 heavy (non-hydrogen) atoms. The zero-order chi connectivity index (χ0) is 15.1. The van der Waals surface area contributed by atoms with Gasteiger partial charge in [0.2, 0.25) is 9.84 Å². The highest BCUT2D eigenvalue weighted by Gasteiger charge is 2.20. The zero-order valence-corrected chi connectivity index (χ0v) is 12.3. The van der Waals surface area contributed by atoms with Gasteiger partial charge in [-0.1, -0.05) is 0 Å². The van der Waals surface area contributed by atoms with Crippen molar-refractivity contribution in [3.63, 3.8) is 0 Å². The summed E-state index contributed by atoms with van der Waals surface area (Å²) in [4.78, 5) is 0.148. The van der Waals surface area contributed by atoms with Crippen LogP contribution in [0.4, 0.5) is 0 Å². The number of aromatic hydroxyl groups is 2. The van der Waals surface area contributed by atoms with E-state index >= 15 is 0 Å². The van der Waals surface area contributed by atoms with Gasteiger partial charge in [-0.05, 0) is 67.8 Å². The van der Waals surface area contributed by atoms with E-state index in [1.807, 2.05) is 0 Å². The van der Waals surface area contributed by atoms with Gasteiger partial charge in [0, 0.05) is 0 Å². The van der Waals surface area contributed by atoms with Crippen molar-refractivity contribution < 1.29 is 18.6 Å². The molecule has 0 radical (unpaired) electrons. The molecule has 2 aromatic carbocycles. The Kier molecular flexibility index (Phi) is 3.48. The number of benzene rings is 2. The van der Waals surface area contributed by atoms with E-state index < -0.39 is 9.84 Å². The van der Waals surface area contributed by atoms with Crippen molar-refractivity contribution in [2.24, 2.45) is 0 Å². The van der Waals surface area contributed by atoms with Crippen LogP contribution in [0.25, 0.3) is 0 Å². The second-order valence-corrected chi connectivity index (χ2v) is 6.86. The van der Waals surface area contributed by atoms with Gasteiger partial charge in [0.15, 0.2) is 0 Å². The fraction of sp³-hybridized carbons (Fsp3) is 0.200. The Morgan fingerprint density at radius 3 is 1.80 bits per heavy atom. The van der Waals surface area contributed by atoms with Crippen LogP contribution in [0.2, 0.25) is 0 Å². The van der Waals surface area contributed by atoms with E-state index in [1.165, 1.54) is 30.3 Å². The molecule has 4 nitrogen and oxygen atoms in total. The lowest BCUT2D eigenvalue weighted by atomic mass is 10.1. The number of rotatable bonds is 2. The molecule has 0 spiro atoms. The highest BCUT2D eigenvalue weighted by Crippen LogP contribution is 2.30. The molecule has 0 aromatic heterocycles. The van der Waals surface area contributed by atoms with Crippen LogP contribution in [0.3, 0.4) is 0 Å². The van der Waals surface area contributed by atoms with Crippen LogP contribution in [0.5, 0.6) is 11.5 Å². The van der Waals surface area contributed by atoms with Gasteiger partial charge in [0.25, 0.3) is 0 Å². The summed E-state index contributed by atoms with van der Waals surface area (Å²) in [6.45, 7) is 5.01. The molecular weight excluding hydrogens is 276 g/mol. The smallest absolute Gasteiger partial charge is 0.206 e. The molecular formula is C15H16O4S. The molecule has 0 bridgehead atoms. The van der Waals surface area contributed by atoms with Crippen molar-refractivity contribution >= 4 is 9.84 Å². The number of phenols is 2. The third-order valence-corrected chi connectivity index (χ3v) is 4.83. The summed E-state index contributed by atoms with van der Waals surface area (Å²) in [7, 11) is -3.72. The largest absolute Gasteiger partial charge is 0.508 e. The molecule has 106 valence electrons. The topological polar surface area (TPSA) is 74.6 Å². The molecule has 0 aliphatic carbocycles. The SMILES string of the molecule is Cc1cc(O)cc(S(=O)(=O)c2cc(C)c(O)c(C)c2)c1. The molecule has 2 N–H and O–H groups in total. The minimum Gasteiger partial charge on any atom is -0.508 e. The highest BCUT2D eigenvalue weighted by atomic mass is 32.2. The molecule has 2 rings (SSSR count). The van der Waals surface area contributed by atoms with Crippen molar-refractivity contribution in [1.82, 2.24) is 0 Å². The molecule has 5 heteroatoms. The first kappa shape index (κ1) is 14.4. The minimum absolute atomic E-state index is 0.0412. The summed E-state index contributed by atoms with van der Waals surface area (Å²) in [6, 6.07) is 7.08. The predicted molar refractivity (Wildman–Crippen MR) is 75.9 cm³/mol. The summed E-state index contributed by atoms with van der Waals surface area (Å²) < 4.78 is 25.1. The fourth-order valence-corrected chi connectivity index (χ4v) is 3.64. The molecule has 0 unspecified atom stereocenters. The van der Waals surface area contributed by atoms with Crippen molar-refractivity contribution in [2.45, 2.75) is 30.6 Å². The number of phenolic OH excluding ortho intramolecular Hbond substituents is 2. The Balaban J connectivity index is 2.66. The molecule has 0 fully saturated rings. The van der Waals surface area contributed by atoms with E-state index in [-0.39, 0.29) is 21.3 Å². The third-order valence-electron chi connectivity index (χ3n) is 3.12. The van der Waals surface area contributed by atoms with Crippen molar-refractivity contribution in [2.75, 3.05) is 0 Å². The van der Waals surface area contributed by atoms with E-state index in [0.717, 1.165) is 0 Å². The fourth-order valence-electron chi connectivity index (χ4n) is 2.09. The monoisotopic (exact) mass is 292 g/mol. The van der Waals surface area contributed by atoms with E-state index in [2.05, 4.69) is 0 Å². The van der Waals surface area contributed by atoms with Gasteiger partial charge in [-0.2, -0.15) is 0 Å². The Morgan fingerprint density at radius 2 is 1.30 bits per heavy atom. The third kappa shape index (κ3) is 2.49. The molecule has 0 aliphatic heterocycles. The average molecular weight is 292 g/mol. The number of aryl methyl sites for hydroxylation is 3. The van der Waals surface area contributed by atoms with E-state index in [0.29, 0.717) is 16.7 Å². The van der Waals surface area contributed by atoms with E-state index in [4.69, 9.17) is 0 Å². The van der Waals surface area contributed by atoms with Crippen LogP contribution in [0.15, 0.2) is 40.1 Å². The van der Waals surface area contributed by atoms with Crippen LogP contribution in [0.1, 0.15) is 16.7 Å². The molecule has 0 heterocycles. The van der Waals surface area contributed by atoms with Gasteiger partial charge in [0.1, 0.15) is 11.5 Å². The van der Waals surface area contributed by atoms with Crippen LogP contribution in [0, 0.1) is 20.8 Å². The lowest BCUT2D eigenvalue weighted by molar-refractivity contribution is 0.466.